The van der Waals surface area contributed by atoms with Gasteiger partial charge in [-0.3, -0.25) is 4.79 Å². The highest BCUT2D eigenvalue weighted by Gasteiger charge is 2.11. The third-order valence-corrected chi connectivity index (χ3v) is 3.70. The monoisotopic (exact) mass is 319 g/mol. The van der Waals surface area contributed by atoms with Crippen molar-refractivity contribution in [1.29, 1.82) is 0 Å². The number of hydrogen-bond donors (Lipinski definition) is 1. The molecule has 4 nitrogen and oxygen atoms in total. The van der Waals surface area contributed by atoms with Crippen molar-refractivity contribution in [2.45, 2.75) is 6.54 Å². The maximum atomic E-state index is 12.2. The van der Waals surface area contributed by atoms with Gasteiger partial charge >= 0.3 is 0 Å². The Balaban J connectivity index is 1.81. The lowest BCUT2D eigenvalue weighted by Gasteiger charge is -2.09. The fraction of sp³-hybridized carbons (Fsp3) is 0.0667. The van der Waals surface area contributed by atoms with Gasteiger partial charge in [0.1, 0.15) is 6.54 Å². The Kier molecular flexibility index (Phi) is 3.82. The molecule has 0 fully saturated rings. The van der Waals surface area contributed by atoms with Crippen molar-refractivity contribution in [3.63, 3.8) is 0 Å². The standard InChI is InChI=1S/C15H11Cl2N3O/c16-10-4-3-5-11(17)15(10)19-14(21)8-20-9-18-12-6-1-2-7-13(12)20/h1-7,9H,8H2,(H,19,21). The molecule has 2 aromatic carbocycles. The highest BCUT2D eigenvalue weighted by Crippen LogP contribution is 2.29. The Morgan fingerprint density at radius 3 is 2.57 bits per heavy atom. The highest BCUT2D eigenvalue weighted by molar-refractivity contribution is 6.39. The van der Waals surface area contributed by atoms with Gasteiger partial charge in [-0.25, -0.2) is 4.98 Å². The molecule has 0 saturated carbocycles. The summed E-state index contributed by atoms with van der Waals surface area (Å²) in [6.07, 6.45) is 1.64. The van der Waals surface area contributed by atoms with Crippen LogP contribution in [0.3, 0.4) is 0 Å². The maximum Gasteiger partial charge on any atom is 0.244 e. The molecule has 3 rings (SSSR count). The second-order valence-corrected chi connectivity index (χ2v) is 5.32. The van der Waals surface area contributed by atoms with Crippen molar-refractivity contribution < 1.29 is 4.79 Å². The van der Waals surface area contributed by atoms with Gasteiger partial charge in [-0.05, 0) is 24.3 Å². The summed E-state index contributed by atoms with van der Waals surface area (Å²) >= 11 is 12.1. The molecule has 0 aliphatic rings. The molecular formula is C15H11Cl2N3O. The van der Waals surface area contributed by atoms with Crippen molar-refractivity contribution in [1.82, 2.24) is 9.55 Å². The second-order valence-electron chi connectivity index (χ2n) is 4.51. The average Bonchev–Trinajstić information content (AvgIpc) is 2.87. The zero-order valence-corrected chi connectivity index (χ0v) is 12.4. The number of halogens is 2. The number of aromatic nitrogens is 2. The maximum absolute atomic E-state index is 12.2. The van der Waals surface area contributed by atoms with Gasteiger partial charge in [-0.2, -0.15) is 0 Å². The lowest BCUT2D eigenvalue weighted by atomic mass is 10.3. The largest absolute Gasteiger partial charge is 0.322 e. The van der Waals surface area contributed by atoms with Crippen LogP contribution in [0.2, 0.25) is 10.0 Å². The summed E-state index contributed by atoms with van der Waals surface area (Å²) in [5.41, 5.74) is 2.18. The van der Waals surface area contributed by atoms with Crippen molar-refractivity contribution in [2.24, 2.45) is 0 Å². The molecule has 0 aliphatic carbocycles. The van der Waals surface area contributed by atoms with Crippen molar-refractivity contribution in [3.8, 4) is 0 Å². The van der Waals surface area contributed by atoms with Crippen LogP contribution in [0, 0.1) is 0 Å². The summed E-state index contributed by atoms with van der Waals surface area (Å²) in [7, 11) is 0. The highest BCUT2D eigenvalue weighted by atomic mass is 35.5. The number of carbonyl (C=O) groups excluding carboxylic acids is 1. The zero-order valence-electron chi connectivity index (χ0n) is 10.9. The molecule has 1 amide bonds. The van der Waals surface area contributed by atoms with Crippen LogP contribution in [-0.4, -0.2) is 15.5 Å². The lowest BCUT2D eigenvalue weighted by Crippen LogP contribution is -2.18. The number of carbonyl (C=O) groups is 1. The zero-order chi connectivity index (χ0) is 14.8. The molecule has 1 aromatic heterocycles. The van der Waals surface area contributed by atoms with E-state index in [0.29, 0.717) is 15.7 Å². The van der Waals surface area contributed by atoms with Crippen LogP contribution in [0.15, 0.2) is 48.8 Å². The van der Waals surface area contributed by atoms with E-state index in [1.807, 2.05) is 24.3 Å². The minimum atomic E-state index is -0.215. The van der Waals surface area contributed by atoms with Crippen LogP contribution in [0.5, 0.6) is 0 Å². The van der Waals surface area contributed by atoms with Gasteiger partial charge in [-0.15, -0.1) is 0 Å². The summed E-state index contributed by atoms with van der Waals surface area (Å²) in [5, 5.41) is 3.55. The third kappa shape index (κ3) is 2.86. The molecule has 0 spiro atoms. The predicted octanol–water partition coefficient (Wildman–Crippen LogP) is 3.98. The molecule has 0 atom stereocenters. The number of anilines is 1. The number of nitrogens with zero attached hydrogens (tertiary/aromatic N) is 2. The minimum Gasteiger partial charge on any atom is -0.322 e. The van der Waals surface area contributed by atoms with Crippen molar-refractivity contribution in [3.05, 3.63) is 58.8 Å². The van der Waals surface area contributed by atoms with Gasteiger partial charge in [-0.1, -0.05) is 41.4 Å². The van der Waals surface area contributed by atoms with Crippen LogP contribution >= 0.6 is 23.2 Å². The Morgan fingerprint density at radius 2 is 1.81 bits per heavy atom. The Labute approximate surface area is 131 Å². The smallest absolute Gasteiger partial charge is 0.244 e. The Morgan fingerprint density at radius 1 is 1.10 bits per heavy atom. The van der Waals surface area contributed by atoms with E-state index in [4.69, 9.17) is 23.2 Å². The van der Waals surface area contributed by atoms with Gasteiger partial charge in [0.2, 0.25) is 5.91 Å². The van der Waals surface area contributed by atoms with Gasteiger partial charge < -0.3 is 9.88 Å². The molecule has 1 heterocycles. The number of para-hydroxylation sites is 3. The van der Waals surface area contributed by atoms with E-state index >= 15 is 0 Å². The minimum absolute atomic E-state index is 0.141. The van der Waals surface area contributed by atoms with Gasteiger partial charge in [0.25, 0.3) is 0 Å². The number of fused-ring (bicyclic) bond motifs is 1. The summed E-state index contributed by atoms with van der Waals surface area (Å²) < 4.78 is 1.77. The Hall–Kier alpha value is -2.04. The van der Waals surface area contributed by atoms with Crippen molar-refractivity contribution in [2.75, 3.05) is 5.32 Å². The molecular weight excluding hydrogens is 309 g/mol. The second kappa shape index (κ2) is 5.76. The summed E-state index contributed by atoms with van der Waals surface area (Å²) in [6.45, 7) is 0.141. The van der Waals surface area contributed by atoms with Gasteiger partial charge in [0.05, 0.1) is 33.1 Å². The third-order valence-electron chi connectivity index (χ3n) is 3.07. The average molecular weight is 320 g/mol. The summed E-state index contributed by atoms with van der Waals surface area (Å²) in [6, 6.07) is 12.7. The van der Waals surface area contributed by atoms with Crippen LogP contribution in [0.4, 0.5) is 5.69 Å². The van der Waals surface area contributed by atoms with E-state index in [1.165, 1.54) is 0 Å². The number of hydrogen-bond acceptors (Lipinski definition) is 2. The first-order chi connectivity index (χ1) is 10.1. The normalized spacial score (nSPS) is 10.8. The fourth-order valence-electron chi connectivity index (χ4n) is 2.09. The van der Waals surface area contributed by atoms with Crippen molar-refractivity contribution >= 4 is 45.8 Å². The predicted molar refractivity (Wildman–Crippen MR) is 84.8 cm³/mol. The van der Waals surface area contributed by atoms with Crippen LogP contribution in [0.25, 0.3) is 11.0 Å². The number of rotatable bonds is 3. The van der Waals surface area contributed by atoms with E-state index in [1.54, 1.807) is 29.1 Å². The van der Waals surface area contributed by atoms with E-state index in [-0.39, 0.29) is 12.5 Å². The first-order valence-corrected chi connectivity index (χ1v) is 7.04. The molecule has 6 heteroatoms. The molecule has 0 saturated heterocycles. The lowest BCUT2D eigenvalue weighted by molar-refractivity contribution is -0.116. The van der Waals surface area contributed by atoms with Crippen LogP contribution in [0.1, 0.15) is 0 Å². The fourth-order valence-corrected chi connectivity index (χ4v) is 2.58. The van der Waals surface area contributed by atoms with E-state index < -0.39 is 0 Å². The SMILES string of the molecule is O=C(Cn1cnc2ccccc21)Nc1c(Cl)cccc1Cl. The molecule has 0 unspecified atom stereocenters. The molecule has 21 heavy (non-hydrogen) atoms. The number of nitrogens with one attached hydrogen (secondary N) is 1. The molecule has 0 aliphatic heterocycles. The van der Waals surface area contributed by atoms with Gasteiger partial charge in [0, 0.05) is 0 Å². The van der Waals surface area contributed by atoms with E-state index in [0.717, 1.165) is 11.0 Å². The summed E-state index contributed by atoms with van der Waals surface area (Å²) in [4.78, 5) is 16.4. The van der Waals surface area contributed by atoms with E-state index in [2.05, 4.69) is 10.3 Å². The first kappa shape index (κ1) is 13.9. The topological polar surface area (TPSA) is 46.9 Å². The first-order valence-electron chi connectivity index (χ1n) is 6.29. The number of amides is 1. The molecule has 106 valence electrons. The number of imidazole rings is 1. The molecule has 1 N–H and O–H groups in total. The van der Waals surface area contributed by atoms with E-state index in [9.17, 15) is 4.79 Å². The molecule has 3 aromatic rings. The Bertz CT molecular complexity index is 793. The van der Waals surface area contributed by atoms with Gasteiger partial charge in [0.15, 0.2) is 0 Å². The van der Waals surface area contributed by atoms with Crippen LogP contribution in [-0.2, 0) is 11.3 Å². The summed E-state index contributed by atoms with van der Waals surface area (Å²) in [5.74, 6) is -0.215. The molecule has 0 bridgehead atoms. The van der Waals surface area contributed by atoms with Crippen LogP contribution < -0.4 is 5.32 Å². The molecule has 0 radical (unpaired) electrons. The quantitative estimate of drug-likeness (QED) is 0.793. The number of benzene rings is 2.